The monoisotopic (exact) mass is 269 g/mol. The van der Waals surface area contributed by atoms with Crippen molar-refractivity contribution in [3.63, 3.8) is 0 Å². The number of hydrogen-bond donors (Lipinski definition) is 1. The highest BCUT2D eigenvalue weighted by Crippen LogP contribution is 2.23. The minimum atomic E-state index is -0.0340. The van der Waals surface area contributed by atoms with Gasteiger partial charge < -0.3 is 19.5 Å². The van der Waals surface area contributed by atoms with E-state index < -0.39 is 0 Å². The Morgan fingerprint density at radius 2 is 2.05 bits per heavy atom. The van der Waals surface area contributed by atoms with Crippen molar-refractivity contribution in [3.8, 4) is 11.8 Å². The van der Waals surface area contributed by atoms with Gasteiger partial charge in [-0.25, -0.2) is 4.98 Å². The molecule has 1 rings (SSSR count). The van der Waals surface area contributed by atoms with Crippen LogP contribution < -0.4 is 14.8 Å². The molecule has 0 bridgehead atoms. The van der Waals surface area contributed by atoms with Crippen molar-refractivity contribution in [3.05, 3.63) is 11.9 Å². The Bertz CT molecular complexity index is 366. The number of aromatic nitrogens is 2. The van der Waals surface area contributed by atoms with Crippen LogP contribution in [0.5, 0.6) is 11.8 Å². The first-order valence-electron chi connectivity index (χ1n) is 6.52. The molecule has 6 heteroatoms. The molecule has 0 aliphatic carbocycles. The molecule has 1 unspecified atom stereocenters. The van der Waals surface area contributed by atoms with Crippen molar-refractivity contribution >= 4 is 0 Å². The van der Waals surface area contributed by atoms with Crippen molar-refractivity contribution in [2.75, 3.05) is 34.0 Å². The molecule has 0 saturated carbocycles. The van der Waals surface area contributed by atoms with E-state index in [1.165, 1.54) is 0 Å². The summed E-state index contributed by atoms with van der Waals surface area (Å²) in [5, 5.41) is 3.38. The van der Waals surface area contributed by atoms with Crippen LogP contribution in [0, 0.1) is 0 Å². The van der Waals surface area contributed by atoms with Gasteiger partial charge in [-0.05, 0) is 19.9 Å². The zero-order valence-electron chi connectivity index (χ0n) is 12.1. The van der Waals surface area contributed by atoms with Gasteiger partial charge in [0.05, 0.1) is 33.1 Å². The largest absolute Gasteiger partial charge is 0.480 e. The van der Waals surface area contributed by atoms with Crippen molar-refractivity contribution in [2.45, 2.75) is 26.3 Å². The fourth-order valence-electron chi connectivity index (χ4n) is 1.64. The van der Waals surface area contributed by atoms with Crippen LogP contribution in [0.25, 0.3) is 0 Å². The second kappa shape index (κ2) is 8.66. The predicted molar refractivity (Wildman–Crippen MR) is 72.7 cm³/mol. The molecule has 1 atom stereocenters. The Hall–Kier alpha value is -1.40. The fourth-order valence-corrected chi connectivity index (χ4v) is 1.64. The lowest BCUT2D eigenvalue weighted by Crippen LogP contribution is -2.28. The van der Waals surface area contributed by atoms with E-state index in [4.69, 9.17) is 14.2 Å². The van der Waals surface area contributed by atoms with E-state index in [1.54, 1.807) is 20.4 Å². The molecule has 0 saturated heterocycles. The lowest BCUT2D eigenvalue weighted by atomic mass is 10.2. The van der Waals surface area contributed by atoms with Gasteiger partial charge in [0, 0.05) is 6.61 Å². The number of nitrogens with one attached hydrogen (secondary N) is 1. The van der Waals surface area contributed by atoms with Gasteiger partial charge in [-0.2, -0.15) is 4.98 Å². The molecular formula is C13H23N3O3. The van der Waals surface area contributed by atoms with E-state index in [-0.39, 0.29) is 6.04 Å². The summed E-state index contributed by atoms with van der Waals surface area (Å²) in [6.07, 6.45) is 2.62. The first-order chi connectivity index (χ1) is 9.26. The van der Waals surface area contributed by atoms with Crippen molar-refractivity contribution in [1.29, 1.82) is 0 Å². The first kappa shape index (κ1) is 15.7. The van der Waals surface area contributed by atoms with Gasteiger partial charge in [-0.15, -0.1) is 0 Å². The van der Waals surface area contributed by atoms with Crippen molar-refractivity contribution < 1.29 is 14.2 Å². The van der Waals surface area contributed by atoms with Crippen LogP contribution in [0.15, 0.2) is 6.20 Å². The summed E-state index contributed by atoms with van der Waals surface area (Å²) < 4.78 is 15.8. The first-order valence-corrected chi connectivity index (χ1v) is 6.52. The highest BCUT2D eigenvalue weighted by Gasteiger charge is 2.19. The minimum absolute atomic E-state index is 0.0340. The van der Waals surface area contributed by atoms with Crippen molar-refractivity contribution in [2.24, 2.45) is 0 Å². The zero-order chi connectivity index (χ0) is 14.1. The summed E-state index contributed by atoms with van der Waals surface area (Å²) in [7, 11) is 3.13. The molecule has 1 aromatic rings. The summed E-state index contributed by atoms with van der Waals surface area (Å²) >= 11 is 0. The Balaban J connectivity index is 2.91. The van der Waals surface area contributed by atoms with E-state index in [0.29, 0.717) is 25.0 Å². The van der Waals surface area contributed by atoms with Crippen LogP contribution in [-0.4, -0.2) is 43.9 Å². The molecule has 0 amide bonds. The molecule has 1 aromatic heterocycles. The highest BCUT2D eigenvalue weighted by atomic mass is 16.5. The van der Waals surface area contributed by atoms with Crippen molar-refractivity contribution in [1.82, 2.24) is 15.3 Å². The number of ether oxygens (including phenoxy) is 3. The van der Waals surface area contributed by atoms with E-state index in [1.807, 2.05) is 6.92 Å². The maximum Gasteiger partial charge on any atom is 0.240 e. The number of hydrogen-bond acceptors (Lipinski definition) is 6. The smallest absolute Gasteiger partial charge is 0.240 e. The third-order valence-corrected chi connectivity index (χ3v) is 2.61. The maximum atomic E-state index is 5.49. The summed E-state index contributed by atoms with van der Waals surface area (Å²) in [6.45, 7) is 6.16. The number of nitrogens with zero attached hydrogens (tertiary/aromatic N) is 2. The molecule has 0 radical (unpaired) electrons. The summed E-state index contributed by atoms with van der Waals surface area (Å²) in [5.74, 6) is 0.902. The third kappa shape index (κ3) is 4.65. The number of methoxy groups -OCH3 is 2. The summed E-state index contributed by atoms with van der Waals surface area (Å²) in [4.78, 5) is 8.62. The third-order valence-electron chi connectivity index (χ3n) is 2.61. The average Bonchev–Trinajstić information content (AvgIpc) is 2.47. The van der Waals surface area contributed by atoms with Crippen LogP contribution in [-0.2, 0) is 4.74 Å². The van der Waals surface area contributed by atoms with Crippen LogP contribution in [0.4, 0.5) is 0 Å². The molecule has 6 nitrogen and oxygen atoms in total. The average molecular weight is 269 g/mol. The topological polar surface area (TPSA) is 65.5 Å². The Morgan fingerprint density at radius 1 is 1.26 bits per heavy atom. The zero-order valence-corrected chi connectivity index (χ0v) is 12.1. The van der Waals surface area contributed by atoms with E-state index in [2.05, 4.69) is 22.2 Å². The molecule has 0 aromatic carbocycles. The van der Waals surface area contributed by atoms with Gasteiger partial charge in [-0.1, -0.05) is 6.92 Å². The van der Waals surface area contributed by atoms with Gasteiger partial charge in [0.2, 0.25) is 11.8 Å². The van der Waals surface area contributed by atoms with Gasteiger partial charge in [0.25, 0.3) is 0 Å². The molecule has 0 aliphatic heterocycles. The van der Waals surface area contributed by atoms with E-state index in [9.17, 15) is 0 Å². The molecular weight excluding hydrogens is 246 g/mol. The molecule has 1 N–H and O–H groups in total. The number of rotatable bonds is 9. The van der Waals surface area contributed by atoms with Crippen LogP contribution >= 0.6 is 0 Å². The summed E-state index contributed by atoms with van der Waals surface area (Å²) in [6, 6.07) is -0.0340. The minimum Gasteiger partial charge on any atom is -0.480 e. The molecule has 108 valence electrons. The normalized spacial score (nSPS) is 12.2. The SMILES string of the molecule is CCCNC(COCC)c1ncc(OC)nc1OC. The summed E-state index contributed by atoms with van der Waals surface area (Å²) in [5.41, 5.74) is 0.741. The quantitative estimate of drug-likeness (QED) is 0.734. The van der Waals surface area contributed by atoms with Crippen LogP contribution in [0.3, 0.4) is 0 Å². The second-order valence-corrected chi connectivity index (χ2v) is 3.97. The maximum absolute atomic E-state index is 5.49. The van der Waals surface area contributed by atoms with E-state index >= 15 is 0 Å². The molecule has 0 aliphatic rings. The van der Waals surface area contributed by atoms with Crippen LogP contribution in [0.2, 0.25) is 0 Å². The predicted octanol–water partition coefficient (Wildman–Crippen LogP) is 1.57. The lowest BCUT2D eigenvalue weighted by molar-refractivity contribution is 0.120. The Morgan fingerprint density at radius 3 is 2.63 bits per heavy atom. The Kier molecular flexibility index (Phi) is 7.14. The van der Waals surface area contributed by atoms with Gasteiger partial charge in [0.15, 0.2) is 0 Å². The fraction of sp³-hybridized carbons (Fsp3) is 0.692. The van der Waals surface area contributed by atoms with Gasteiger partial charge in [0.1, 0.15) is 5.69 Å². The molecule has 1 heterocycles. The molecule has 0 spiro atoms. The highest BCUT2D eigenvalue weighted by molar-refractivity contribution is 5.25. The van der Waals surface area contributed by atoms with E-state index in [0.717, 1.165) is 18.7 Å². The standard InChI is InChI=1S/C13H23N3O3/c1-5-7-14-10(9-19-6-2)12-13(18-4)16-11(17-3)8-15-12/h8,10,14H,5-7,9H2,1-4H3. The second-order valence-electron chi connectivity index (χ2n) is 3.97. The van der Waals surface area contributed by atoms with Gasteiger partial charge in [-0.3, -0.25) is 0 Å². The molecule has 0 fully saturated rings. The molecule has 19 heavy (non-hydrogen) atoms. The lowest BCUT2D eigenvalue weighted by Gasteiger charge is -2.19. The van der Waals surface area contributed by atoms with Gasteiger partial charge >= 0.3 is 0 Å². The van der Waals surface area contributed by atoms with Crippen LogP contribution in [0.1, 0.15) is 32.0 Å². The Labute approximate surface area is 114 Å².